The van der Waals surface area contributed by atoms with Crippen LogP contribution in [0.15, 0.2) is 18.3 Å². The number of ether oxygens (including phenoxy) is 1. The number of aromatic nitrogens is 3. The highest BCUT2D eigenvalue weighted by Crippen LogP contribution is 2.32. The van der Waals surface area contributed by atoms with Crippen LogP contribution in [-0.2, 0) is 11.3 Å². The first-order valence-corrected chi connectivity index (χ1v) is 9.58. The van der Waals surface area contributed by atoms with Gasteiger partial charge in [-0.25, -0.2) is 9.97 Å². The zero-order valence-electron chi connectivity index (χ0n) is 12.9. The highest BCUT2D eigenvalue weighted by atomic mass is 32.2. The smallest absolute Gasteiger partial charge is 0.160 e. The Morgan fingerprint density at radius 2 is 2.14 bits per heavy atom. The molecule has 118 valence electrons. The van der Waals surface area contributed by atoms with E-state index in [0.29, 0.717) is 0 Å². The van der Waals surface area contributed by atoms with Crippen LogP contribution in [0.4, 0.5) is 0 Å². The number of rotatable bonds is 3. The monoisotopic (exact) mass is 317 g/mol. The maximum Gasteiger partial charge on any atom is 0.160 e. The van der Waals surface area contributed by atoms with Crippen molar-refractivity contribution in [3.05, 3.63) is 24.2 Å². The van der Waals surface area contributed by atoms with Crippen LogP contribution in [0.1, 0.15) is 44.0 Å². The summed E-state index contributed by atoms with van der Waals surface area (Å²) in [6.07, 6.45) is 8.15. The highest BCUT2D eigenvalue weighted by molar-refractivity contribution is 7.99. The normalized spacial score (nSPS) is 23.9. The van der Waals surface area contributed by atoms with Crippen molar-refractivity contribution >= 4 is 22.9 Å². The van der Waals surface area contributed by atoms with Gasteiger partial charge in [0.05, 0.1) is 0 Å². The van der Waals surface area contributed by atoms with Gasteiger partial charge in [-0.3, -0.25) is 0 Å². The first-order chi connectivity index (χ1) is 10.9. The SMILES string of the molecule is c1cnc2c(c1)nc(C1CCCCO1)n2CC1CCSCC1. The van der Waals surface area contributed by atoms with Crippen LogP contribution in [0.5, 0.6) is 0 Å². The van der Waals surface area contributed by atoms with E-state index in [-0.39, 0.29) is 6.10 Å². The van der Waals surface area contributed by atoms with Crippen molar-refractivity contribution in [3.63, 3.8) is 0 Å². The van der Waals surface area contributed by atoms with Crippen molar-refractivity contribution in [2.75, 3.05) is 18.1 Å². The summed E-state index contributed by atoms with van der Waals surface area (Å²) in [6.45, 7) is 1.91. The minimum Gasteiger partial charge on any atom is -0.370 e. The van der Waals surface area contributed by atoms with Gasteiger partial charge in [0.2, 0.25) is 0 Å². The molecule has 0 aliphatic carbocycles. The molecule has 0 amide bonds. The van der Waals surface area contributed by atoms with Crippen LogP contribution in [0, 0.1) is 5.92 Å². The third-order valence-electron chi connectivity index (χ3n) is 4.78. The molecule has 2 saturated heterocycles. The first kappa shape index (κ1) is 14.5. The van der Waals surface area contributed by atoms with E-state index < -0.39 is 0 Å². The summed E-state index contributed by atoms with van der Waals surface area (Å²) in [4.78, 5) is 9.47. The van der Waals surface area contributed by atoms with E-state index in [1.807, 2.05) is 12.3 Å². The molecule has 1 unspecified atom stereocenters. The Kier molecular flexibility index (Phi) is 4.35. The Morgan fingerprint density at radius 3 is 2.95 bits per heavy atom. The van der Waals surface area contributed by atoms with Crippen LogP contribution >= 0.6 is 11.8 Å². The molecular weight excluding hydrogens is 294 g/mol. The molecule has 2 fully saturated rings. The van der Waals surface area contributed by atoms with Gasteiger partial charge in [-0.1, -0.05) is 0 Å². The molecule has 5 heteroatoms. The highest BCUT2D eigenvalue weighted by Gasteiger charge is 2.25. The van der Waals surface area contributed by atoms with Crippen LogP contribution < -0.4 is 0 Å². The summed E-state index contributed by atoms with van der Waals surface area (Å²) in [5, 5.41) is 0. The molecule has 2 aliphatic heterocycles. The second-order valence-electron chi connectivity index (χ2n) is 6.34. The molecule has 0 radical (unpaired) electrons. The standard InChI is InChI=1S/C17H23N3OS/c1-2-9-21-15(5-1)17-19-14-4-3-8-18-16(14)20(17)12-13-6-10-22-11-7-13/h3-4,8,13,15H,1-2,5-7,9-12H2. The minimum absolute atomic E-state index is 0.154. The van der Waals surface area contributed by atoms with Gasteiger partial charge in [0.25, 0.3) is 0 Å². The van der Waals surface area contributed by atoms with E-state index in [9.17, 15) is 0 Å². The largest absolute Gasteiger partial charge is 0.370 e. The number of fused-ring (bicyclic) bond motifs is 1. The number of pyridine rings is 1. The fourth-order valence-electron chi connectivity index (χ4n) is 3.53. The summed E-state index contributed by atoms with van der Waals surface area (Å²) in [7, 11) is 0. The van der Waals surface area contributed by atoms with E-state index in [2.05, 4.69) is 27.4 Å². The van der Waals surface area contributed by atoms with Gasteiger partial charge >= 0.3 is 0 Å². The molecule has 0 saturated carbocycles. The fraction of sp³-hybridized carbons (Fsp3) is 0.647. The van der Waals surface area contributed by atoms with E-state index in [1.165, 1.54) is 37.2 Å². The Labute approximate surface area is 135 Å². The van der Waals surface area contributed by atoms with Gasteiger partial charge in [-0.15, -0.1) is 0 Å². The average molecular weight is 317 g/mol. The maximum absolute atomic E-state index is 6.01. The Morgan fingerprint density at radius 1 is 1.23 bits per heavy atom. The molecule has 4 heterocycles. The van der Waals surface area contributed by atoms with Crippen LogP contribution in [0.3, 0.4) is 0 Å². The Bertz CT molecular complexity index is 630. The second-order valence-corrected chi connectivity index (χ2v) is 7.56. The van der Waals surface area contributed by atoms with Gasteiger partial charge in [-0.2, -0.15) is 11.8 Å². The summed E-state index contributed by atoms with van der Waals surface area (Å²) in [5.74, 6) is 4.44. The average Bonchev–Trinajstić information content (AvgIpc) is 2.95. The zero-order chi connectivity index (χ0) is 14.8. The summed E-state index contributed by atoms with van der Waals surface area (Å²) in [5.41, 5.74) is 2.04. The quantitative estimate of drug-likeness (QED) is 0.863. The Balaban J connectivity index is 1.69. The molecule has 0 N–H and O–H groups in total. The van der Waals surface area contributed by atoms with Gasteiger partial charge in [0.1, 0.15) is 17.4 Å². The molecule has 2 aliphatic rings. The van der Waals surface area contributed by atoms with Crippen LogP contribution in [0.2, 0.25) is 0 Å². The molecular formula is C17H23N3OS. The lowest BCUT2D eigenvalue weighted by atomic mass is 10.0. The van der Waals surface area contributed by atoms with Crippen molar-refractivity contribution < 1.29 is 4.74 Å². The van der Waals surface area contributed by atoms with Crippen molar-refractivity contribution in [2.24, 2.45) is 5.92 Å². The van der Waals surface area contributed by atoms with Crippen LogP contribution in [-0.4, -0.2) is 32.6 Å². The number of hydrogen-bond donors (Lipinski definition) is 0. The van der Waals surface area contributed by atoms with Crippen LogP contribution in [0.25, 0.3) is 11.2 Å². The Hall–Kier alpha value is -1.07. The van der Waals surface area contributed by atoms with Crippen molar-refractivity contribution in [1.29, 1.82) is 0 Å². The third-order valence-corrected chi connectivity index (χ3v) is 5.83. The molecule has 1 atom stereocenters. The zero-order valence-corrected chi connectivity index (χ0v) is 13.7. The second kappa shape index (κ2) is 6.59. The van der Waals surface area contributed by atoms with Gasteiger partial charge < -0.3 is 9.30 Å². The summed E-state index contributed by atoms with van der Waals surface area (Å²) >= 11 is 2.08. The molecule has 4 rings (SSSR count). The molecule has 4 nitrogen and oxygen atoms in total. The van der Waals surface area contributed by atoms with Gasteiger partial charge in [0, 0.05) is 19.3 Å². The molecule has 0 aromatic carbocycles. The number of nitrogens with zero attached hydrogens (tertiary/aromatic N) is 3. The number of thioether (sulfide) groups is 1. The minimum atomic E-state index is 0.154. The lowest BCUT2D eigenvalue weighted by Crippen LogP contribution is -2.21. The molecule has 2 aromatic rings. The summed E-state index contributed by atoms with van der Waals surface area (Å²) < 4.78 is 8.36. The lowest BCUT2D eigenvalue weighted by Gasteiger charge is -2.26. The number of hydrogen-bond acceptors (Lipinski definition) is 4. The van der Waals surface area contributed by atoms with Gasteiger partial charge in [0.15, 0.2) is 5.65 Å². The predicted octanol–water partition coefficient (Wildman–Crippen LogP) is 3.82. The van der Waals surface area contributed by atoms with Crippen molar-refractivity contribution in [2.45, 2.75) is 44.8 Å². The molecule has 0 bridgehead atoms. The van der Waals surface area contributed by atoms with Crippen molar-refractivity contribution in [1.82, 2.24) is 14.5 Å². The maximum atomic E-state index is 6.01. The summed E-state index contributed by atoms with van der Waals surface area (Å²) in [6, 6.07) is 4.05. The van der Waals surface area contributed by atoms with E-state index >= 15 is 0 Å². The third kappa shape index (κ3) is 2.88. The number of imidazole rings is 1. The van der Waals surface area contributed by atoms with E-state index in [4.69, 9.17) is 9.72 Å². The first-order valence-electron chi connectivity index (χ1n) is 8.42. The predicted molar refractivity (Wildman–Crippen MR) is 90.1 cm³/mol. The topological polar surface area (TPSA) is 39.9 Å². The van der Waals surface area contributed by atoms with Gasteiger partial charge in [-0.05, 0) is 61.7 Å². The molecule has 22 heavy (non-hydrogen) atoms. The van der Waals surface area contributed by atoms with Crippen molar-refractivity contribution in [3.8, 4) is 0 Å². The molecule has 2 aromatic heterocycles. The lowest BCUT2D eigenvalue weighted by molar-refractivity contribution is 0.00718. The van der Waals surface area contributed by atoms with E-state index in [0.717, 1.165) is 42.5 Å². The van der Waals surface area contributed by atoms with E-state index in [1.54, 1.807) is 0 Å². The fourth-order valence-corrected chi connectivity index (χ4v) is 4.74. The molecule has 0 spiro atoms.